The van der Waals surface area contributed by atoms with Crippen LogP contribution in [0.3, 0.4) is 0 Å². The van der Waals surface area contributed by atoms with Crippen molar-refractivity contribution in [3.05, 3.63) is 11.5 Å². The minimum atomic E-state index is -3.08. The Morgan fingerprint density at radius 3 is 2.31 bits per heavy atom. The van der Waals surface area contributed by atoms with E-state index in [9.17, 15) is 8.42 Å². The van der Waals surface area contributed by atoms with Crippen LogP contribution in [0.1, 0.15) is 32.1 Å². The molecule has 0 atom stereocenters. The number of sulfonamides is 1. The average molecular weight is 201 g/mol. The van der Waals surface area contributed by atoms with Crippen molar-refractivity contribution >= 4 is 10.0 Å². The van der Waals surface area contributed by atoms with E-state index in [1.54, 1.807) is 11.4 Å². The summed E-state index contributed by atoms with van der Waals surface area (Å²) in [7, 11) is -1.39. The molecule has 13 heavy (non-hydrogen) atoms. The van der Waals surface area contributed by atoms with Crippen molar-refractivity contribution in [3.63, 3.8) is 0 Å². The Bertz CT molecular complexity index is 326. The van der Waals surface area contributed by atoms with Crippen molar-refractivity contribution in [1.29, 1.82) is 0 Å². The molecule has 3 nitrogen and oxygen atoms in total. The summed E-state index contributed by atoms with van der Waals surface area (Å²) in [5.74, 6) is 0. The summed E-state index contributed by atoms with van der Waals surface area (Å²) in [6.45, 7) is 0. The first-order valence-electron chi connectivity index (χ1n) is 4.75. The van der Waals surface area contributed by atoms with Gasteiger partial charge in [-0.3, -0.25) is 0 Å². The van der Waals surface area contributed by atoms with Gasteiger partial charge < -0.3 is 0 Å². The number of rotatable bonds is 0. The molecule has 1 aliphatic carbocycles. The van der Waals surface area contributed by atoms with Gasteiger partial charge in [-0.1, -0.05) is 25.3 Å². The molecule has 0 aromatic heterocycles. The fourth-order valence-corrected chi connectivity index (χ4v) is 3.67. The van der Waals surface area contributed by atoms with Crippen molar-refractivity contribution in [2.24, 2.45) is 0 Å². The lowest BCUT2D eigenvalue weighted by atomic mass is 9.82. The van der Waals surface area contributed by atoms with Crippen molar-refractivity contribution < 1.29 is 8.42 Å². The van der Waals surface area contributed by atoms with E-state index >= 15 is 0 Å². The van der Waals surface area contributed by atoms with E-state index in [1.807, 2.05) is 6.08 Å². The third kappa shape index (κ3) is 1.32. The molecule has 1 saturated carbocycles. The molecule has 0 amide bonds. The highest BCUT2D eigenvalue weighted by atomic mass is 32.2. The molecule has 0 saturated heterocycles. The molecule has 2 aliphatic rings. The second-order valence-corrected chi connectivity index (χ2v) is 5.83. The van der Waals surface area contributed by atoms with Crippen LogP contribution in [0, 0.1) is 0 Å². The zero-order valence-electron chi connectivity index (χ0n) is 7.86. The Kier molecular flexibility index (Phi) is 2.00. The van der Waals surface area contributed by atoms with Crippen LogP contribution in [0.25, 0.3) is 0 Å². The molecule has 0 N–H and O–H groups in total. The first kappa shape index (κ1) is 9.21. The highest BCUT2D eigenvalue weighted by Crippen LogP contribution is 2.39. The van der Waals surface area contributed by atoms with Crippen molar-refractivity contribution in [2.45, 2.75) is 37.6 Å². The molecule has 0 bridgehead atoms. The zero-order chi connectivity index (χ0) is 9.53. The molecule has 1 spiro atoms. The molecular weight excluding hydrogens is 186 g/mol. The topological polar surface area (TPSA) is 37.4 Å². The van der Waals surface area contributed by atoms with Crippen LogP contribution in [0.2, 0.25) is 0 Å². The summed E-state index contributed by atoms with van der Waals surface area (Å²) < 4.78 is 24.5. The second-order valence-electron chi connectivity index (χ2n) is 3.98. The largest absolute Gasteiger partial charge is 0.236 e. The predicted octanol–water partition coefficient (Wildman–Crippen LogP) is 1.48. The van der Waals surface area contributed by atoms with E-state index in [4.69, 9.17) is 0 Å². The molecule has 0 unspecified atom stereocenters. The molecule has 0 aromatic rings. The van der Waals surface area contributed by atoms with Gasteiger partial charge in [-0.2, -0.15) is 4.31 Å². The van der Waals surface area contributed by atoms with Gasteiger partial charge in [0.15, 0.2) is 0 Å². The van der Waals surface area contributed by atoms with E-state index in [0.29, 0.717) is 0 Å². The minimum Gasteiger partial charge on any atom is -0.207 e. The predicted molar refractivity (Wildman–Crippen MR) is 51.6 cm³/mol. The number of likely N-dealkylation sites (N-methyl/N-ethyl adjacent to an activating group) is 1. The third-order valence-electron chi connectivity index (χ3n) is 3.28. The fraction of sp³-hybridized carbons (Fsp3) is 0.778. The zero-order valence-corrected chi connectivity index (χ0v) is 8.68. The average Bonchev–Trinajstić information content (AvgIpc) is 2.33. The SMILES string of the molecule is CN1C2(C=CS1(=O)=O)CCCCC2. The smallest absolute Gasteiger partial charge is 0.207 e. The van der Waals surface area contributed by atoms with E-state index in [-0.39, 0.29) is 5.54 Å². The van der Waals surface area contributed by atoms with Crippen LogP contribution in [0.15, 0.2) is 11.5 Å². The van der Waals surface area contributed by atoms with Gasteiger partial charge in [0.25, 0.3) is 0 Å². The Labute approximate surface area is 79.5 Å². The van der Waals surface area contributed by atoms with Gasteiger partial charge in [-0.05, 0) is 12.8 Å². The highest BCUT2D eigenvalue weighted by molar-refractivity contribution is 7.92. The Morgan fingerprint density at radius 2 is 1.85 bits per heavy atom. The van der Waals surface area contributed by atoms with Gasteiger partial charge in [0.1, 0.15) is 0 Å². The van der Waals surface area contributed by atoms with Gasteiger partial charge in [-0.15, -0.1) is 0 Å². The summed E-state index contributed by atoms with van der Waals surface area (Å²) >= 11 is 0. The highest BCUT2D eigenvalue weighted by Gasteiger charge is 2.43. The van der Waals surface area contributed by atoms with Crippen molar-refractivity contribution in [2.75, 3.05) is 7.05 Å². The van der Waals surface area contributed by atoms with Gasteiger partial charge in [0.05, 0.1) is 5.54 Å². The summed E-state index contributed by atoms with van der Waals surface area (Å²) in [5.41, 5.74) is -0.170. The molecule has 1 heterocycles. The first-order valence-corrected chi connectivity index (χ1v) is 6.25. The quantitative estimate of drug-likeness (QED) is 0.595. The summed E-state index contributed by atoms with van der Waals surface area (Å²) in [6, 6.07) is 0. The molecular formula is C9H15NO2S. The summed E-state index contributed by atoms with van der Waals surface area (Å²) in [5, 5.41) is 1.36. The van der Waals surface area contributed by atoms with Crippen LogP contribution in [-0.2, 0) is 10.0 Å². The lowest BCUT2D eigenvalue weighted by Gasteiger charge is -2.37. The Morgan fingerprint density at radius 1 is 1.23 bits per heavy atom. The minimum absolute atomic E-state index is 0.170. The van der Waals surface area contributed by atoms with Crippen LogP contribution < -0.4 is 0 Å². The third-order valence-corrected chi connectivity index (χ3v) is 4.89. The standard InChI is InChI=1S/C9H15NO2S/c1-10-9(5-3-2-4-6-9)7-8-13(10,11)12/h7-8H,2-6H2,1H3. The molecule has 1 fully saturated rings. The normalized spacial score (nSPS) is 31.2. The van der Waals surface area contributed by atoms with Crippen LogP contribution in [-0.4, -0.2) is 25.3 Å². The second kappa shape index (κ2) is 2.82. The summed E-state index contributed by atoms with van der Waals surface area (Å²) in [4.78, 5) is 0. The maximum atomic E-state index is 11.5. The van der Waals surface area contributed by atoms with E-state index in [1.165, 1.54) is 11.8 Å². The monoisotopic (exact) mass is 201 g/mol. The lowest BCUT2D eigenvalue weighted by Crippen LogP contribution is -2.44. The molecule has 0 radical (unpaired) electrons. The number of hydrogen-bond donors (Lipinski definition) is 0. The first-order chi connectivity index (χ1) is 6.07. The van der Waals surface area contributed by atoms with Gasteiger partial charge in [0.2, 0.25) is 10.0 Å². The van der Waals surface area contributed by atoms with Crippen LogP contribution in [0.5, 0.6) is 0 Å². The van der Waals surface area contributed by atoms with Crippen molar-refractivity contribution in [3.8, 4) is 0 Å². The molecule has 1 aliphatic heterocycles. The van der Waals surface area contributed by atoms with E-state index < -0.39 is 10.0 Å². The van der Waals surface area contributed by atoms with Crippen LogP contribution >= 0.6 is 0 Å². The van der Waals surface area contributed by atoms with E-state index in [0.717, 1.165) is 25.7 Å². The Hall–Kier alpha value is -0.350. The van der Waals surface area contributed by atoms with Crippen molar-refractivity contribution in [1.82, 2.24) is 4.31 Å². The maximum Gasteiger partial charge on any atom is 0.236 e. The molecule has 74 valence electrons. The lowest BCUT2D eigenvalue weighted by molar-refractivity contribution is 0.213. The van der Waals surface area contributed by atoms with Gasteiger partial charge in [0, 0.05) is 12.5 Å². The molecule has 2 rings (SSSR count). The summed E-state index contributed by atoms with van der Waals surface area (Å²) in [6.07, 6.45) is 7.37. The molecule has 0 aromatic carbocycles. The number of hydrogen-bond acceptors (Lipinski definition) is 2. The van der Waals surface area contributed by atoms with Gasteiger partial charge >= 0.3 is 0 Å². The van der Waals surface area contributed by atoms with E-state index in [2.05, 4.69) is 0 Å². The van der Waals surface area contributed by atoms with Crippen LogP contribution in [0.4, 0.5) is 0 Å². The maximum absolute atomic E-state index is 11.5. The Balaban J connectivity index is 2.31. The van der Waals surface area contributed by atoms with Gasteiger partial charge in [-0.25, -0.2) is 8.42 Å². The fourth-order valence-electron chi connectivity index (χ4n) is 2.31. The molecule has 4 heteroatoms. The number of nitrogens with zero attached hydrogens (tertiary/aromatic N) is 1.